The Labute approximate surface area is 123 Å². The van der Waals surface area contributed by atoms with Crippen LogP contribution >= 0.6 is 15.9 Å². The van der Waals surface area contributed by atoms with E-state index in [4.69, 9.17) is 0 Å². The van der Waals surface area contributed by atoms with Crippen molar-refractivity contribution in [1.82, 2.24) is 4.90 Å². The van der Waals surface area contributed by atoms with Gasteiger partial charge in [-0.15, -0.1) is 0 Å². The maximum Gasteiger partial charge on any atom is 0.177 e. The smallest absolute Gasteiger partial charge is 0.177 e. The van der Waals surface area contributed by atoms with Crippen molar-refractivity contribution in [1.29, 1.82) is 0 Å². The summed E-state index contributed by atoms with van der Waals surface area (Å²) in [5, 5.41) is 0. The average molecular weight is 322 g/mol. The van der Waals surface area contributed by atoms with E-state index in [0.29, 0.717) is 6.54 Å². The number of rotatable bonds is 7. The summed E-state index contributed by atoms with van der Waals surface area (Å²) in [5.74, 6) is 1.95. The molecule has 0 saturated heterocycles. The number of halogens is 1. The van der Waals surface area contributed by atoms with Crippen LogP contribution < -0.4 is 0 Å². The maximum absolute atomic E-state index is 12.4. The summed E-state index contributed by atoms with van der Waals surface area (Å²) in [6.07, 6.45) is 5.41. The zero-order valence-corrected chi connectivity index (χ0v) is 12.7. The Hall–Kier alpha value is -0.670. The molecule has 0 spiro atoms. The standard InChI is InChI=1S/C16H20BrNO/c17-15-4-2-1-3-14(15)16(19)11-18(9-12-5-6-12)10-13-7-8-13/h1-4,12-13H,5-11H2. The van der Waals surface area contributed by atoms with Crippen molar-refractivity contribution in [2.75, 3.05) is 19.6 Å². The molecule has 2 nitrogen and oxygen atoms in total. The molecular weight excluding hydrogens is 302 g/mol. The van der Waals surface area contributed by atoms with Crippen LogP contribution in [0.15, 0.2) is 28.7 Å². The highest BCUT2D eigenvalue weighted by atomic mass is 79.9. The molecule has 1 aromatic rings. The van der Waals surface area contributed by atoms with E-state index in [1.165, 1.54) is 25.7 Å². The molecule has 2 aliphatic rings. The van der Waals surface area contributed by atoms with Gasteiger partial charge in [0, 0.05) is 23.1 Å². The summed E-state index contributed by atoms with van der Waals surface area (Å²) in [7, 11) is 0. The number of Topliss-reactive ketones (excluding diaryl/α,β-unsaturated/α-hetero) is 1. The van der Waals surface area contributed by atoms with Gasteiger partial charge < -0.3 is 0 Å². The summed E-state index contributed by atoms with van der Waals surface area (Å²) in [5.41, 5.74) is 0.819. The van der Waals surface area contributed by atoms with Crippen molar-refractivity contribution in [2.45, 2.75) is 25.7 Å². The van der Waals surface area contributed by atoms with Crippen LogP contribution in [0.3, 0.4) is 0 Å². The van der Waals surface area contributed by atoms with Crippen molar-refractivity contribution >= 4 is 21.7 Å². The van der Waals surface area contributed by atoms with Gasteiger partial charge in [0.1, 0.15) is 0 Å². The zero-order valence-electron chi connectivity index (χ0n) is 11.1. The fourth-order valence-corrected chi connectivity index (χ4v) is 3.02. The Balaban J connectivity index is 1.62. The molecule has 1 aromatic carbocycles. The second-order valence-electron chi connectivity index (χ2n) is 5.98. The SMILES string of the molecule is O=C(CN(CC1CC1)CC1CC1)c1ccccc1Br. The van der Waals surface area contributed by atoms with Crippen molar-refractivity contribution in [3.8, 4) is 0 Å². The van der Waals surface area contributed by atoms with Crippen LogP contribution in [-0.4, -0.2) is 30.3 Å². The first kappa shape index (κ1) is 13.3. The predicted octanol–water partition coefficient (Wildman–Crippen LogP) is 3.75. The first-order valence-electron chi connectivity index (χ1n) is 7.22. The highest BCUT2D eigenvalue weighted by Crippen LogP contribution is 2.33. The summed E-state index contributed by atoms with van der Waals surface area (Å²) in [6, 6.07) is 7.75. The lowest BCUT2D eigenvalue weighted by atomic mass is 10.1. The fourth-order valence-electron chi connectivity index (χ4n) is 2.51. The molecule has 0 aromatic heterocycles. The molecule has 0 heterocycles. The van der Waals surface area contributed by atoms with Crippen LogP contribution in [0.2, 0.25) is 0 Å². The summed E-state index contributed by atoms with van der Waals surface area (Å²) >= 11 is 3.47. The third-order valence-corrected chi connectivity index (χ3v) is 4.66. The molecule has 102 valence electrons. The van der Waals surface area contributed by atoms with E-state index in [9.17, 15) is 4.79 Å². The summed E-state index contributed by atoms with van der Waals surface area (Å²) in [6.45, 7) is 2.81. The van der Waals surface area contributed by atoms with E-state index in [1.807, 2.05) is 24.3 Å². The topological polar surface area (TPSA) is 20.3 Å². The van der Waals surface area contributed by atoms with E-state index in [1.54, 1.807) is 0 Å². The summed E-state index contributed by atoms with van der Waals surface area (Å²) < 4.78 is 0.915. The highest BCUT2D eigenvalue weighted by molar-refractivity contribution is 9.10. The van der Waals surface area contributed by atoms with Gasteiger partial charge in [-0.25, -0.2) is 0 Å². The van der Waals surface area contributed by atoms with Gasteiger partial charge in [-0.05, 0) is 43.6 Å². The number of hydrogen-bond donors (Lipinski definition) is 0. The molecule has 0 amide bonds. The molecule has 2 saturated carbocycles. The van der Waals surface area contributed by atoms with Gasteiger partial charge in [0.2, 0.25) is 0 Å². The van der Waals surface area contributed by atoms with Crippen LogP contribution in [0.1, 0.15) is 36.0 Å². The Bertz CT molecular complexity index is 452. The maximum atomic E-state index is 12.4. The molecule has 0 bridgehead atoms. The van der Waals surface area contributed by atoms with Gasteiger partial charge in [0.05, 0.1) is 6.54 Å². The van der Waals surface area contributed by atoms with Gasteiger partial charge in [-0.3, -0.25) is 9.69 Å². The zero-order chi connectivity index (χ0) is 13.2. The Morgan fingerprint density at radius 3 is 2.21 bits per heavy atom. The Morgan fingerprint density at radius 2 is 1.68 bits per heavy atom. The molecule has 0 atom stereocenters. The number of ketones is 1. The minimum absolute atomic E-state index is 0.244. The number of nitrogens with zero attached hydrogens (tertiary/aromatic N) is 1. The van der Waals surface area contributed by atoms with Gasteiger partial charge in [0.25, 0.3) is 0 Å². The van der Waals surface area contributed by atoms with Crippen LogP contribution in [0.5, 0.6) is 0 Å². The molecule has 3 heteroatoms. The van der Waals surface area contributed by atoms with Crippen molar-refractivity contribution in [3.05, 3.63) is 34.3 Å². The van der Waals surface area contributed by atoms with Gasteiger partial charge in [-0.1, -0.05) is 34.1 Å². The third-order valence-electron chi connectivity index (χ3n) is 3.97. The minimum atomic E-state index is 0.244. The van der Waals surface area contributed by atoms with Crippen LogP contribution in [0, 0.1) is 11.8 Å². The number of hydrogen-bond acceptors (Lipinski definition) is 2. The minimum Gasteiger partial charge on any atom is -0.295 e. The molecule has 0 aliphatic heterocycles. The highest BCUT2D eigenvalue weighted by Gasteiger charge is 2.30. The van der Waals surface area contributed by atoms with Gasteiger partial charge in [-0.2, -0.15) is 0 Å². The fraction of sp³-hybridized carbons (Fsp3) is 0.562. The molecule has 0 unspecified atom stereocenters. The molecule has 19 heavy (non-hydrogen) atoms. The summed E-state index contributed by atoms with van der Waals surface area (Å²) in [4.78, 5) is 14.8. The lowest BCUT2D eigenvalue weighted by Crippen LogP contribution is -2.33. The van der Waals surface area contributed by atoms with Crippen LogP contribution in [0.25, 0.3) is 0 Å². The first-order valence-corrected chi connectivity index (χ1v) is 8.02. The van der Waals surface area contributed by atoms with Crippen molar-refractivity contribution in [2.24, 2.45) is 11.8 Å². The third kappa shape index (κ3) is 3.90. The largest absolute Gasteiger partial charge is 0.295 e. The number of benzene rings is 1. The number of carbonyl (C=O) groups excluding carboxylic acids is 1. The molecule has 0 radical (unpaired) electrons. The monoisotopic (exact) mass is 321 g/mol. The lowest BCUT2D eigenvalue weighted by molar-refractivity contribution is 0.0923. The van der Waals surface area contributed by atoms with Gasteiger partial charge in [0.15, 0.2) is 5.78 Å². The molecule has 3 rings (SSSR count). The molecule has 2 fully saturated rings. The predicted molar refractivity (Wildman–Crippen MR) is 80.4 cm³/mol. The normalized spacial score (nSPS) is 18.8. The van der Waals surface area contributed by atoms with E-state index in [2.05, 4.69) is 20.8 Å². The molecule has 0 N–H and O–H groups in total. The van der Waals surface area contributed by atoms with Crippen LogP contribution in [0.4, 0.5) is 0 Å². The Kier molecular flexibility index (Phi) is 4.04. The molecular formula is C16H20BrNO. The quantitative estimate of drug-likeness (QED) is 0.713. The van der Waals surface area contributed by atoms with E-state index >= 15 is 0 Å². The Morgan fingerprint density at radius 1 is 1.11 bits per heavy atom. The van der Waals surface area contributed by atoms with E-state index in [0.717, 1.165) is 35.0 Å². The number of carbonyl (C=O) groups is 1. The van der Waals surface area contributed by atoms with Crippen molar-refractivity contribution in [3.63, 3.8) is 0 Å². The van der Waals surface area contributed by atoms with Crippen molar-refractivity contribution < 1.29 is 4.79 Å². The average Bonchev–Trinajstić information content (AvgIpc) is 3.25. The van der Waals surface area contributed by atoms with E-state index in [-0.39, 0.29) is 5.78 Å². The van der Waals surface area contributed by atoms with Crippen LogP contribution in [-0.2, 0) is 0 Å². The first-order chi connectivity index (χ1) is 9.22. The lowest BCUT2D eigenvalue weighted by Gasteiger charge is -2.21. The second kappa shape index (κ2) is 5.76. The molecule has 2 aliphatic carbocycles. The van der Waals surface area contributed by atoms with E-state index < -0.39 is 0 Å². The second-order valence-corrected chi connectivity index (χ2v) is 6.84. The van der Waals surface area contributed by atoms with Gasteiger partial charge >= 0.3 is 0 Å².